The van der Waals surface area contributed by atoms with E-state index >= 15 is 0 Å². The van der Waals surface area contributed by atoms with Crippen LogP contribution in [-0.2, 0) is 17.1 Å². The third-order valence-electron chi connectivity index (χ3n) is 2.77. The molecular formula is C11H20ClN3O2S. The molecule has 0 saturated carbocycles. The number of aryl methyl sites for hydroxylation is 1. The summed E-state index contributed by atoms with van der Waals surface area (Å²) in [6.07, 6.45) is 5.65. The minimum absolute atomic E-state index is 0.200. The second-order valence-electron chi connectivity index (χ2n) is 4.33. The summed E-state index contributed by atoms with van der Waals surface area (Å²) in [4.78, 5) is 0.200. The fourth-order valence-electron chi connectivity index (χ4n) is 1.76. The number of nitrogens with zero attached hydrogens (tertiary/aromatic N) is 2. The second kappa shape index (κ2) is 7.11. The lowest BCUT2D eigenvalue weighted by atomic mass is 10.0. The molecule has 0 aliphatic rings. The first kappa shape index (κ1) is 15.5. The fourth-order valence-corrected chi connectivity index (χ4v) is 3.17. The summed E-state index contributed by atoms with van der Waals surface area (Å²) in [5, 5.41) is 3.86. The molecule has 1 aromatic heterocycles. The summed E-state index contributed by atoms with van der Waals surface area (Å²) in [5.41, 5.74) is 0. The molecule has 0 aromatic carbocycles. The predicted molar refractivity (Wildman–Crippen MR) is 72.1 cm³/mol. The van der Waals surface area contributed by atoms with Gasteiger partial charge in [-0.05, 0) is 18.8 Å². The maximum absolute atomic E-state index is 12.0. The van der Waals surface area contributed by atoms with Gasteiger partial charge in [-0.25, -0.2) is 13.1 Å². The summed E-state index contributed by atoms with van der Waals surface area (Å²) >= 11 is 5.71. The molecule has 104 valence electrons. The summed E-state index contributed by atoms with van der Waals surface area (Å²) in [6, 6.07) is 0. The third kappa shape index (κ3) is 4.59. The first-order valence-electron chi connectivity index (χ1n) is 6.04. The summed E-state index contributed by atoms with van der Waals surface area (Å²) in [7, 11) is -1.76. The molecule has 0 saturated heterocycles. The van der Waals surface area contributed by atoms with Gasteiger partial charge in [0, 0.05) is 25.7 Å². The first-order chi connectivity index (χ1) is 8.49. The second-order valence-corrected chi connectivity index (χ2v) is 6.48. The van der Waals surface area contributed by atoms with Crippen LogP contribution < -0.4 is 4.72 Å². The van der Waals surface area contributed by atoms with E-state index in [-0.39, 0.29) is 4.90 Å². The van der Waals surface area contributed by atoms with Crippen LogP contribution in [0.5, 0.6) is 0 Å². The van der Waals surface area contributed by atoms with Crippen LogP contribution in [0.3, 0.4) is 0 Å². The Bertz CT molecular complexity index is 453. The van der Waals surface area contributed by atoms with E-state index in [1.54, 1.807) is 7.05 Å². The number of alkyl halides is 1. The van der Waals surface area contributed by atoms with Gasteiger partial charge in [0.1, 0.15) is 4.90 Å². The van der Waals surface area contributed by atoms with Crippen LogP contribution in [0.2, 0.25) is 0 Å². The Morgan fingerprint density at radius 3 is 2.72 bits per heavy atom. The SMILES string of the molecule is CCCC(CCCl)CNS(=O)(=O)c1cnn(C)c1. The lowest BCUT2D eigenvalue weighted by molar-refractivity contribution is 0.457. The molecular weight excluding hydrogens is 274 g/mol. The molecule has 0 radical (unpaired) electrons. The molecule has 1 heterocycles. The highest BCUT2D eigenvalue weighted by molar-refractivity contribution is 7.89. The number of rotatable bonds is 8. The van der Waals surface area contributed by atoms with Crippen LogP contribution in [0.4, 0.5) is 0 Å². The van der Waals surface area contributed by atoms with Crippen LogP contribution >= 0.6 is 11.6 Å². The van der Waals surface area contributed by atoms with Crippen molar-refractivity contribution < 1.29 is 8.42 Å². The quantitative estimate of drug-likeness (QED) is 0.743. The molecule has 1 unspecified atom stereocenters. The van der Waals surface area contributed by atoms with E-state index in [2.05, 4.69) is 16.7 Å². The topological polar surface area (TPSA) is 64.0 Å². The van der Waals surface area contributed by atoms with E-state index in [9.17, 15) is 8.42 Å². The first-order valence-corrected chi connectivity index (χ1v) is 8.05. The monoisotopic (exact) mass is 293 g/mol. The van der Waals surface area contributed by atoms with Gasteiger partial charge < -0.3 is 0 Å². The largest absolute Gasteiger partial charge is 0.274 e. The molecule has 0 aliphatic heterocycles. The minimum atomic E-state index is -3.45. The van der Waals surface area contributed by atoms with Crippen molar-refractivity contribution in [2.24, 2.45) is 13.0 Å². The van der Waals surface area contributed by atoms with Crippen LogP contribution in [-0.4, -0.2) is 30.6 Å². The third-order valence-corrected chi connectivity index (χ3v) is 4.36. The highest BCUT2D eigenvalue weighted by Crippen LogP contribution is 2.13. The highest BCUT2D eigenvalue weighted by atomic mass is 35.5. The zero-order chi connectivity index (χ0) is 13.6. The van der Waals surface area contributed by atoms with Gasteiger partial charge in [0.15, 0.2) is 0 Å². The van der Waals surface area contributed by atoms with Crippen molar-refractivity contribution in [3.8, 4) is 0 Å². The molecule has 0 aliphatic carbocycles. The Balaban J connectivity index is 2.60. The normalized spacial score (nSPS) is 13.7. The van der Waals surface area contributed by atoms with E-state index in [1.165, 1.54) is 17.1 Å². The van der Waals surface area contributed by atoms with E-state index in [1.807, 2.05) is 0 Å². The van der Waals surface area contributed by atoms with Gasteiger partial charge in [0.05, 0.1) is 6.20 Å². The van der Waals surface area contributed by atoms with Crippen LogP contribution in [0.1, 0.15) is 26.2 Å². The molecule has 0 fully saturated rings. The van der Waals surface area contributed by atoms with Crippen molar-refractivity contribution in [1.82, 2.24) is 14.5 Å². The predicted octanol–water partition coefficient (Wildman–Crippen LogP) is 1.74. The van der Waals surface area contributed by atoms with Gasteiger partial charge in [-0.15, -0.1) is 11.6 Å². The summed E-state index contributed by atoms with van der Waals surface area (Å²) in [5.74, 6) is 0.846. The molecule has 1 rings (SSSR count). The Morgan fingerprint density at radius 1 is 1.50 bits per heavy atom. The van der Waals surface area contributed by atoms with Crippen molar-refractivity contribution in [2.45, 2.75) is 31.1 Å². The van der Waals surface area contributed by atoms with Gasteiger partial charge in [-0.3, -0.25) is 4.68 Å². The Hall–Kier alpha value is -0.590. The molecule has 1 aromatic rings. The summed E-state index contributed by atoms with van der Waals surface area (Å²) < 4.78 is 28.0. The maximum Gasteiger partial charge on any atom is 0.243 e. The molecule has 0 amide bonds. The molecule has 0 bridgehead atoms. The molecule has 7 heteroatoms. The zero-order valence-corrected chi connectivity index (χ0v) is 12.3. The number of nitrogens with one attached hydrogen (secondary N) is 1. The van der Waals surface area contributed by atoms with E-state index in [0.717, 1.165) is 19.3 Å². The Morgan fingerprint density at radius 2 is 2.22 bits per heavy atom. The van der Waals surface area contributed by atoms with Crippen LogP contribution in [0, 0.1) is 5.92 Å². The number of hydrogen-bond donors (Lipinski definition) is 1. The number of halogens is 1. The Kier molecular flexibility index (Phi) is 6.11. The number of aromatic nitrogens is 2. The van der Waals surface area contributed by atoms with Crippen molar-refractivity contribution in [3.63, 3.8) is 0 Å². The average molecular weight is 294 g/mol. The average Bonchev–Trinajstić information content (AvgIpc) is 2.74. The van der Waals surface area contributed by atoms with Gasteiger partial charge in [0.2, 0.25) is 10.0 Å². The van der Waals surface area contributed by atoms with Crippen LogP contribution in [0.15, 0.2) is 17.3 Å². The standard InChI is InChI=1S/C11H20ClN3O2S/c1-3-4-10(5-6-12)7-14-18(16,17)11-8-13-15(2)9-11/h8-10,14H,3-7H2,1-2H3. The van der Waals surface area contributed by atoms with E-state index in [0.29, 0.717) is 18.3 Å². The van der Waals surface area contributed by atoms with Crippen LogP contribution in [0.25, 0.3) is 0 Å². The molecule has 1 atom stereocenters. The lowest BCUT2D eigenvalue weighted by Gasteiger charge is -2.15. The van der Waals surface area contributed by atoms with Crippen molar-refractivity contribution >= 4 is 21.6 Å². The lowest BCUT2D eigenvalue weighted by Crippen LogP contribution is -2.29. The molecule has 1 N–H and O–H groups in total. The van der Waals surface area contributed by atoms with Gasteiger partial charge in [-0.1, -0.05) is 13.3 Å². The summed E-state index contributed by atoms with van der Waals surface area (Å²) in [6.45, 7) is 2.51. The van der Waals surface area contributed by atoms with Gasteiger partial charge in [0.25, 0.3) is 0 Å². The molecule has 18 heavy (non-hydrogen) atoms. The van der Waals surface area contributed by atoms with Crippen molar-refractivity contribution in [2.75, 3.05) is 12.4 Å². The van der Waals surface area contributed by atoms with E-state index in [4.69, 9.17) is 11.6 Å². The van der Waals surface area contributed by atoms with E-state index < -0.39 is 10.0 Å². The van der Waals surface area contributed by atoms with Gasteiger partial charge >= 0.3 is 0 Å². The zero-order valence-electron chi connectivity index (χ0n) is 10.8. The fraction of sp³-hybridized carbons (Fsp3) is 0.727. The number of hydrogen-bond acceptors (Lipinski definition) is 3. The number of sulfonamides is 1. The molecule has 0 spiro atoms. The van der Waals surface area contributed by atoms with Crippen molar-refractivity contribution in [3.05, 3.63) is 12.4 Å². The van der Waals surface area contributed by atoms with Crippen molar-refractivity contribution in [1.29, 1.82) is 0 Å². The highest BCUT2D eigenvalue weighted by Gasteiger charge is 2.17. The maximum atomic E-state index is 12.0. The Labute approximate surface area is 114 Å². The van der Waals surface area contributed by atoms with Gasteiger partial charge in [-0.2, -0.15) is 5.10 Å². The smallest absolute Gasteiger partial charge is 0.243 e. The minimum Gasteiger partial charge on any atom is -0.274 e. The molecule has 5 nitrogen and oxygen atoms in total.